The summed E-state index contributed by atoms with van der Waals surface area (Å²) in [6, 6.07) is 9.47. The Labute approximate surface area is 102 Å². The van der Waals surface area contributed by atoms with Gasteiger partial charge in [0.05, 0.1) is 6.04 Å². The molecule has 1 nitrogen and oxygen atoms in total. The van der Waals surface area contributed by atoms with Gasteiger partial charge < -0.3 is 5.32 Å². The highest BCUT2D eigenvalue weighted by Gasteiger charge is 2.26. The second kappa shape index (κ2) is 4.05. The van der Waals surface area contributed by atoms with E-state index in [2.05, 4.69) is 5.32 Å². The quantitative estimate of drug-likeness (QED) is 0.758. The zero-order valence-corrected chi connectivity index (χ0v) is 9.38. The zero-order chi connectivity index (χ0) is 12.7. The number of nitrogens with one attached hydrogen (secondary N) is 1. The van der Waals surface area contributed by atoms with E-state index in [9.17, 15) is 13.2 Å². The maximum absolute atomic E-state index is 13.7. The van der Waals surface area contributed by atoms with E-state index in [1.807, 2.05) is 24.3 Å². The van der Waals surface area contributed by atoms with E-state index in [4.69, 9.17) is 0 Å². The highest BCUT2D eigenvalue weighted by Crippen LogP contribution is 2.35. The Morgan fingerprint density at radius 3 is 2.50 bits per heavy atom. The third-order valence-electron chi connectivity index (χ3n) is 3.21. The topological polar surface area (TPSA) is 12.0 Å². The van der Waals surface area contributed by atoms with E-state index in [0.717, 1.165) is 17.3 Å². The molecule has 1 atom stereocenters. The third kappa shape index (κ3) is 1.65. The fourth-order valence-corrected chi connectivity index (χ4v) is 2.30. The van der Waals surface area contributed by atoms with Crippen LogP contribution in [0.25, 0.3) is 0 Å². The first kappa shape index (κ1) is 11.1. The van der Waals surface area contributed by atoms with Crippen molar-refractivity contribution in [1.29, 1.82) is 0 Å². The van der Waals surface area contributed by atoms with E-state index in [0.29, 0.717) is 6.42 Å². The molecule has 1 aliphatic rings. The van der Waals surface area contributed by atoms with E-state index in [1.165, 1.54) is 6.07 Å². The monoisotopic (exact) mass is 249 g/mol. The van der Waals surface area contributed by atoms with Crippen LogP contribution in [0.2, 0.25) is 0 Å². The van der Waals surface area contributed by atoms with Crippen molar-refractivity contribution in [2.24, 2.45) is 0 Å². The summed E-state index contributed by atoms with van der Waals surface area (Å²) in [6.07, 6.45) is 0.568. The lowest BCUT2D eigenvalue weighted by atomic mass is 10.0. The third-order valence-corrected chi connectivity index (χ3v) is 3.21. The van der Waals surface area contributed by atoms with E-state index in [1.54, 1.807) is 0 Å². The molecule has 2 aromatic carbocycles. The Morgan fingerprint density at radius 2 is 1.72 bits per heavy atom. The molecule has 0 aliphatic carbocycles. The smallest absolute Gasteiger partial charge is 0.194 e. The van der Waals surface area contributed by atoms with Gasteiger partial charge in [-0.05, 0) is 24.1 Å². The van der Waals surface area contributed by atoms with Crippen molar-refractivity contribution in [2.45, 2.75) is 12.5 Å². The summed E-state index contributed by atoms with van der Waals surface area (Å²) in [7, 11) is 0. The van der Waals surface area contributed by atoms with Gasteiger partial charge in [0.15, 0.2) is 17.5 Å². The molecule has 0 bridgehead atoms. The second-order valence-electron chi connectivity index (χ2n) is 4.32. The normalized spacial score (nSPS) is 17.4. The van der Waals surface area contributed by atoms with Gasteiger partial charge in [-0.2, -0.15) is 0 Å². The van der Waals surface area contributed by atoms with Crippen molar-refractivity contribution in [1.82, 2.24) is 0 Å². The molecule has 0 spiro atoms. The zero-order valence-electron chi connectivity index (χ0n) is 9.38. The maximum Gasteiger partial charge on any atom is 0.194 e. The molecule has 1 heterocycles. The number of hydrogen-bond acceptors (Lipinski definition) is 1. The molecular weight excluding hydrogens is 239 g/mol. The summed E-state index contributed by atoms with van der Waals surface area (Å²) >= 11 is 0. The number of para-hydroxylation sites is 1. The summed E-state index contributed by atoms with van der Waals surface area (Å²) < 4.78 is 39.8. The maximum atomic E-state index is 13.7. The lowest BCUT2D eigenvalue weighted by Crippen LogP contribution is -2.10. The molecular formula is C14H10F3N. The molecule has 1 unspecified atom stereocenters. The van der Waals surface area contributed by atoms with Crippen LogP contribution in [0.1, 0.15) is 17.2 Å². The van der Waals surface area contributed by atoms with E-state index in [-0.39, 0.29) is 11.6 Å². The average Bonchev–Trinajstić information content (AvgIpc) is 2.79. The van der Waals surface area contributed by atoms with Crippen LogP contribution in [0.5, 0.6) is 0 Å². The SMILES string of the molecule is Fc1ccc(C2Cc3ccccc3N2)c(F)c1F. The van der Waals surface area contributed by atoms with Gasteiger partial charge in [0.2, 0.25) is 0 Å². The van der Waals surface area contributed by atoms with Gasteiger partial charge in [0.1, 0.15) is 0 Å². The van der Waals surface area contributed by atoms with E-state index >= 15 is 0 Å². The number of hydrogen-bond donors (Lipinski definition) is 1. The summed E-state index contributed by atoms with van der Waals surface area (Å²) in [5.41, 5.74) is 2.11. The Bertz CT molecular complexity index is 585. The molecule has 0 fully saturated rings. The first-order chi connectivity index (χ1) is 8.66. The van der Waals surface area contributed by atoms with Crippen LogP contribution >= 0.6 is 0 Å². The first-order valence-electron chi connectivity index (χ1n) is 5.64. The Hall–Kier alpha value is -1.97. The number of benzene rings is 2. The van der Waals surface area contributed by atoms with Gasteiger partial charge in [-0.15, -0.1) is 0 Å². The Balaban J connectivity index is 1.98. The largest absolute Gasteiger partial charge is 0.378 e. The molecule has 0 radical (unpaired) electrons. The summed E-state index contributed by atoms with van der Waals surface area (Å²) in [4.78, 5) is 0. The van der Waals surface area contributed by atoms with Gasteiger partial charge in [-0.1, -0.05) is 24.3 Å². The van der Waals surface area contributed by atoms with Gasteiger partial charge >= 0.3 is 0 Å². The highest BCUT2D eigenvalue weighted by molar-refractivity contribution is 5.58. The summed E-state index contributed by atoms with van der Waals surface area (Å²) in [5.74, 6) is -3.68. The molecule has 0 aromatic heterocycles. The molecule has 0 amide bonds. The molecule has 1 N–H and O–H groups in total. The predicted octanol–water partition coefficient (Wildman–Crippen LogP) is 3.81. The van der Waals surface area contributed by atoms with Crippen molar-refractivity contribution >= 4 is 5.69 Å². The van der Waals surface area contributed by atoms with E-state index < -0.39 is 17.5 Å². The standard InChI is InChI=1S/C14H10F3N/c15-10-6-5-9(13(16)14(10)17)12-7-8-3-1-2-4-11(8)18-12/h1-6,12,18H,7H2. The van der Waals surface area contributed by atoms with Gasteiger partial charge in [0, 0.05) is 11.3 Å². The van der Waals surface area contributed by atoms with Crippen molar-refractivity contribution in [3.8, 4) is 0 Å². The van der Waals surface area contributed by atoms with Gasteiger partial charge in [0.25, 0.3) is 0 Å². The molecule has 3 rings (SSSR count). The lowest BCUT2D eigenvalue weighted by molar-refractivity contribution is 0.438. The van der Waals surface area contributed by atoms with Crippen LogP contribution in [-0.4, -0.2) is 0 Å². The van der Waals surface area contributed by atoms with Crippen LogP contribution in [0.4, 0.5) is 18.9 Å². The Morgan fingerprint density at radius 1 is 0.944 bits per heavy atom. The molecule has 1 aliphatic heterocycles. The van der Waals surface area contributed by atoms with Crippen molar-refractivity contribution in [3.05, 3.63) is 65.0 Å². The molecule has 92 valence electrons. The molecule has 2 aromatic rings. The van der Waals surface area contributed by atoms with Gasteiger partial charge in [-0.3, -0.25) is 0 Å². The minimum Gasteiger partial charge on any atom is -0.378 e. The van der Waals surface area contributed by atoms with Crippen molar-refractivity contribution in [3.63, 3.8) is 0 Å². The molecule has 18 heavy (non-hydrogen) atoms. The van der Waals surface area contributed by atoms with Crippen LogP contribution in [0.15, 0.2) is 36.4 Å². The van der Waals surface area contributed by atoms with Crippen LogP contribution in [0.3, 0.4) is 0 Å². The van der Waals surface area contributed by atoms with Crippen LogP contribution in [0, 0.1) is 17.5 Å². The number of halogens is 3. The summed E-state index contributed by atoms with van der Waals surface area (Å²) in [5, 5.41) is 3.11. The highest BCUT2D eigenvalue weighted by atomic mass is 19.2. The predicted molar refractivity (Wildman–Crippen MR) is 62.8 cm³/mol. The van der Waals surface area contributed by atoms with Crippen LogP contribution in [-0.2, 0) is 6.42 Å². The number of anilines is 1. The molecule has 4 heteroatoms. The first-order valence-corrected chi connectivity index (χ1v) is 5.64. The molecule has 0 saturated heterocycles. The lowest BCUT2D eigenvalue weighted by Gasteiger charge is -2.13. The minimum absolute atomic E-state index is 0.158. The van der Waals surface area contributed by atoms with Crippen molar-refractivity contribution < 1.29 is 13.2 Å². The van der Waals surface area contributed by atoms with Crippen LogP contribution < -0.4 is 5.32 Å². The number of fused-ring (bicyclic) bond motifs is 1. The van der Waals surface area contributed by atoms with Gasteiger partial charge in [-0.25, -0.2) is 13.2 Å². The number of rotatable bonds is 1. The average molecular weight is 249 g/mol. The fraction of sp³-hybridized carbons (Fsp3) is 0.143. The van der Waals surface area contributed by atoms with Crippen molar-refractivity contribution in [2.75, 3.05) is 5.32 Å². The summed E-state index contributed by atoms with van der Waals surface area (Å²) in [6.45, 7) is 0. The fourth-order valence-electron chi connectivity index (χ4n) is 2.30. The minimum atomic E-state index is -1.41. The molecule has 0 saturated carbocycles. The Kier molecular flexibility index (Phi) is 2.51. The second-order valence-corrected chi connectivity index (χ2v) is 4.32.